The molecule has 0 heterocycles. The number of sulfone groups is 1. The van der Waals surface area contributed by atoms with Crippen molar-refractivity contribution in [2.75, 3.05) is 25.9 Å². The minimum atomic E-state index is -3.11. The summed E-state index contributed by atoms with van der Waals surface area (Å²) >= 11 is 6.15. The maximum absolute atomic E-state index is 12.2. The Morgan fingerprint density at radius 1 is 1.00 bits per heavy atom. The van der Waals surface area contributed by atoms with Crippen molar-refractivity contribution in [2.24, 2.45) is 4.99 Å². The third-order valence-corrected chi connectivity index (χ3v) is 6.07. The van der Waals surface area contributed by atoms with E-state index in [1.54, 1.807) is 7.05 Å². The molecule has 0 aliphatic carbocycles. The van der Waals surface area contributed by atoms with E-state index in [4.69, 9.17) is 11.6 Å². The summed E-state index contributed by atoms with van der Waals surface area (Å²) in [4.78, 5) is 4.16. The molecule has 154 valence electrons. The number of nitrogens with zero attached hydrogens (tertiary/aromatic N) is 1. The number of halogens is 2. The second-order valence-electron chi connectivity index (χ2n) is 6.20. The first kappa shape index (κ1) is 24.7. The summed E-state index contributed by atoms with van der Waals surface area (Å²) in [6.45, 7) is 1.23. The maximum Gasteiger partial charge on any atom is 0.190 e. The van der Waals surface area contributed by atoms with Crippen molar-refractivity contribution in [1.82, 2.24) is 10.6 Å². The van der Waals surface area contributed by atoms with Crippen molar-refractivity contribution >= 4 is 51.4 Å². The Bertz CT molecular complexity index is 846. The van der Waals surface area contributed by atoms with Crippen LogP contribution in [0.3, 0.4) is 0 Å². The molecule has 0 unspecified atom stereocenters. The zero-order chi connectivity index (χ0) is 19.5. The van der Waals surface area contributed by atoms with Crippen LogP contribution in [0.15, 0.2) is 59.6 Å². The summed E-state index contributed by atoms with van der Waals surface area (Å²) in [5.41, 5.74) is 1.90. The van der Waals surface area contributed by atoms with Crippen molar-refractivity contribution in [1.29, 1.82) is 0 Å². The van der Waals surface area contributed by atoms with Crippen LogP contribution >= 0.6 is 35.6 Å². The van der Waals surface area contributed by atoms with Gasteiger partial charge in [-0.25, -0.2) is 8.42 Å². The summed E-state index contributed by atoms with van der Waals surface area (Å²) in [7, 11) is -1.42. The third-order valence-electron chi connectivity index (χ3n) is 4.02. The lowest BCUT2D eigenvalue weighted by Gasteiger charge is -2.12. The van der Waals surface area contributed by atoms with E-state index in [0.29, 0.717) is 25.5 Å². The maximum atomic E-state index is 12.2. The van der Waals surface area contributed by atoms with Crippen molar-refractivity contribution in [3.8, 4) is 0 Å². The van der Waals surface area contributed by atoms with Crippen LogP contribution < -0.4 is 10.6 Å². The molecule has 0 spiro atoms. The first-order valence-electron chi connectivity index (χ1n) is 8.92. The predicted octanol–water partition coefficient (Wildman–Crippen LogP) is 3.67. The summed E-state index contributed by atoms with van der Waals surface area (Å²) in [5.74, 6) is 0.881. The highest BCUT2D eigenvalue weighted by atomic mass is 127. The van der Waals surface area contributed by atoms with E-state index in [-0.39, 0.29) is 35.5 Å². The normalized spacial score (nSPS) is 11.6. The van der Waals surface area contributed by atoms with Gasteiger partial charge in [0, 0.05) is 25.2 Å². The molecule has 0 radical (unpaired) electrons. The van der Waals surface area contributed by atoms with Crippen molar-refractivity contribution in [2.45, 2.75) is 18.6 Å². The number of guanidine groups is 1. The Kier molecular flexibility index (Phi) is 11.5. The molecular weight excluding hydrogens is 509 g/mol. The van der Waals surface area contributed by atoms with Gasteiger partial charge in [0.1, 0.15) is 0 Å². The average Bonchev–Trinajstić information content (AvgIpc) is 2.65. The van der Waals surface area contributed by atoms with Gasteiger partial charge in [0.15, 0.2) is 15.8 Å². The molecule has 0 saturated carbocycles. The van der Waals surface area contributed by atoms with Crippen LogP contribution in [0.4, 0.5) is 0 Å². The lowest BCUT2D eigenvalue weighted by Crippen LogP contribution is -2.39. The molecule has 2 aromatic rings. The molecule has 0 aliphatic heterocycles. The van der Waals surface area contributed by atoms with E-state index in [2.05, 4.69) is 15.6 Å². The van der Waals surface area contributed by atoms with Gasteiger partial charge in [0.05, 0.1) is 11.5 Å². The Hall–Kier alpha value is -1.32. The number of aliphatic imine (C=N–C) groups is 1. The fourth-order valence-corrected chi connectivity index (χ4v) is 4.30. The smallest absolute Gasteiger partial charge is 0.190 e. The molecule has 0 aliphatic rings. The Labute approximate surface area is 189 Å². The molecule has 0 fully saturated rings. The van der Waals surface area contributed by atoms with E-state index in [0.717, 1.165) is 22.6 Å². The molecule has 0 aromatic heterocycles. The van der Waals surface area contributed by atoms with Gasteiger partial charge in [-0.2, -0.15) is 0 Å². The van der Waals surface area contributed by atoms with E-state index >= 15 is 0 Å². The molecule has 5 nitrogen and oxygen atoms in total. The first-order valence-corrected chi connectivity index (χ1v) is 11.1. The third kappa shape index (κ3) is 9.25. The summed E-state index contributed by atoms with van der Waals surface area (Å²) in [6, 6.07) is 17.0. The molecular formula is C20H27ClIN3O2S. The molecule has 28 heavy (non-hydrogen) atoms. The number of hydrogen-bond donors (Lipinski definition) is 2. The molecule has 0 atom stereocenters. The van der Waals surface area contributed by atoms with Gasteiger partial charge in [-0.3, -0.25) is 4.99 Å². The van der Waals surface area contributed by atoms with Gasteiger partial charge in [-0.15, -0.1) is 24.0 Å². The predicted molar refractivity (Wildman–Crippen MR) is 128 cm³/mol. The highest BCUT2D eigenvalue weighted by Crippen LogP contribution is 2.14. The average molecular weight is 536 g/mol. The summed E-state index contributed by atoms with van der Waals surface area (Å²) in [6.07, 6.45) is 1.31. The van der Waals surface area contributed by atoms with E-state index < -0.39 is 9.84 Å². The van der Waals surface area contributed by atoms with Gasteiger partial charge >= 0.3 is 0 Å². The number of benzene rings is 2. The van der Waals surface area contributed by atoms with Crippen LogP contribution in [0.25, 0.3) is 0 Å². The van der Waals surface area contributed by atoms with Crippen LogP contribution in [0.1, 0.15) is 17.5 Å². The van der Waals surface area contributed by atoms with Gasteiger partial charge < -0.3 is 10.6 Å². The zero-order valence-corrected chi connectivity index (χ0v) is 19.8. The fraction of sp³-hybridized carbons (Fsp3) is 0.350. The standard InChI is InChI=1S/C20H26ClN3O2S.HI/c1-22-20(24-14-12-18-10-5-6-11-19(18)21)23-13-7-15-27(25,26)16-17-8-3-2-4-9-17;/h2-6,8-11H,7,12-16H2,1H3,(H2,22,23,24);1H. The SMILES string of the molecule is CN=C(NCCCS(=O)(=O)Cc1ccccc1)NCCc1ccccc1Cl.I. The molecule has 0 bridgehead atoms. The van der Waals surface area contributed by atoms with Crippen LogP contribution in [-0.4, -0.2) is 40.3 Å². The van der Waals surface area contributed by atoms with Crippen molar-refractivity contribution in [3.63, 3.8) is 0 Å². The molecule has 2 rings (SSSR count). The highest BCUT2D eigenvalue weighted by Gasteiger charge is 2.11. The molecule has 0 amide bonds. The van der Waals surface area contributed by atoms with Gasteiger partial charge in [0.2, 0.25) is 0 Å². The monoisotopic (exact) mass is 535 g/mol. The topological polar surface area (TPSA) is 70.6 Å². The van der Waals surface area contributed by atoms with E-state index in [1.165, 1.54) is 0 Å². The van der Waals surface area contributed by atoms with Gasteiger partial charge in [0.25, 0.3) is 0 Å². The minimum Gasteiger partial charge on any atom is -0.356 e. The number of rotatable bonds is 9. The number of hydrogen-bond acceptors (Lipinski definition) is 3. The zero-order valence-electron chi connectivity index (χ0n) is 15.9. The van der Waals surface area contributed by atoms with Crippen LogP contribution in [0.2, 0.25) is 5.02 Å². The first-order chi connectivity index (χ1) is 13.0. The molecule has 2 aromatic carbocycles. The second kappa shape index (κ2) is 13.0. The van der Waals surface area contributed by atoms with E-state index in [1.807, 2.05) is 54.6 Å². The second-order valence-corrected chi connectivity index (χ2v) is 8.79. The van der Waals surface area contributed by atoms with Crippen LogP contribution in [0, 0.1) is 0 Å². The Morgan fingerprint density at radius 3 is 2.32 bits per heavy atom. The largest absolute Gasteiger partial charge is 0.356 e. The molecule has 8 heteroatoms. The van der Waals surface area contributed by atoms with Crippen molar-refractivity contribution in [3.05, 3.63) is 70.7 Å². The summed E-state index contributed by atoms with van der Waals surface area (Å²) < 4.78 is 24.4. The fourth-order valence-electron chi connectivity index (χ4n) is 2.64. The van der Waals surface area contributed by atoms with Crippen LogP contribution in [0.5, 0.6) is 0 Å². The minimum absolute atomic E-state index is 0. The Balaban J connectivity index is 0.00000392. The Morgan fingerprint density at radius 2 is 1.64 bits per heavy atom. The van der Waals surface area contributed by atoms with Gasteiger partial charge in [-0.05, 0) is 30.0 Å². The molecule has 0 saturated heterocycles. The number of nitrogens with one attached hydrogen (secondary N) is 2. The lowest BCUT2D eigenvalue weighted by atomic mass is 10.1. The quantitative estimate of drug-likeness (QED) is 0.222. The van der Waals surface area contributed by atoms with Gasteiger partial charge in [-0.1, -0.05) is 60.1 Å². The summed E-state index contributed by atoms with van der Waals surface area (Å²) in [5, 5.41) is 7.12. The van der Waals surface area contributed by atoms with Crippen LogP contribution in [-0.2, 0) is 22.0 Å². The highest BCUT2D eigenvalue weighted by molar-refractivity contribution is 14.0. The van der Waals surface area contributed by atoms with Crippen molar-refractivity contribution < 1.29 is 8.42 Å². The lowest BCUT2D eigenvalue weighted by molar-refractivity contribution is 0.591. The van der Waals surface area contributed by atoms with E-state index in [9.17, 15) is 8.42 Å². The molecule has 2 N–H and O–H groups in total.